The Morgan fingerprint density at radius 3 is 2.77 bits per heavy atom. The van der Waals surface area contributed by atoms with E-state index in [1.807, 2.05) is 38.1 Å². The highest BCUT2D eigenvalue weighted by atomic mass is 32.2. The first kappa shape index (κ1) is 28.4. The molecule has 1 aromatic heterocycles. The summed E-state index contributed by atoms with van der Waals surface area (Å²) in [5.41, 5.74) is 1.50. The minimum atomic E-state index is -0.845. The maximum absolute atomic E-state index is 14.6. The van der Waals surface area contributed by atoms with Gasteiger partial charge in [0.25, 0.3) is 0 Å². The van der Waals surface area contributed by atoms with Crippen LogP contribution in [-0.2, 0) is 25.8 Å². The second-order valence-electron chi connectivity index (χ2n) is 11.3. The fourth-order valence-electron chi connectivity index (χ4n) is 6.82. The summed E-state index contributed by atoms with van der Waals surface area (Å²) in [4.78, 5) is 45.4. The van der Waals surface area contributed by atoms with E-state index in [1.54, 1.807) is 32.3 Å². The van der Waals surface area contributed by atoms with Crippen molar-refractivity contribution in [1.82, 2.24) is 24.8 Å². The first-order valence-corrected chi connectivity index (χ1v) is 14.7. The van der Waals surface area contributed by atoms with Gasteiger partial charge in [-0.3, -0.25) is 14.4 Å². The zero-order valence-electron chi connectivity index (χ0n) is 23.0. The van der Waals surface area contributed by atoms with Crippen molar-refractivity contribution in [3.63, 3.8) is 0 Å². The topological polar surface area (TPSA) is 118 Å². The average molecular weight is 568 g/mol. The predicted octanol–water partition coefficient (Wildman–Crippen LogP) is 2.63. The van der Waals surface area contributed by atoms with Gasteiger partial charge in [0.15, 0.2) is 0 Å². The molecule has 214 valence electrons. The molecule has 2 aromatic rings. The normalized spacial score (nSPS) is 27.7. The highest BCUT2D eigenvalue weighted by molar-refractivity contribution is 8.02. The lowest BCUT2D eigenvalue weighted by atomic mass is 9.71. The molecule has 11 heteroatoms. The van der Waals surface area contributed by atoms with E-state index in [-0.39, 0.29) is 49.4 Å². The van der Waals surface area contributed by atoms with Crippen molar-refractivity contribution in [2.75, 3.05) is 19.8 Å². The molecule has 0 radical (unpaired) electrons. The van der Waals surface area contributed by atoms with Gasteiger partial charge in [-0.1, -0.05) is 49.9 Å². The van der Waals surface area contributed by atoms with Crippen LogP contribution in [0.3, 0.4) is 0 Å². The number of amides is 2. The molecule has 3 aliphatic heterocycles. The molecule has 3 aliphatic rings. The number of ether oxygens (including phenoxy) is 1. The lowest BCUT2D eigenvalue weighted by molar-refractivity contribution is -0.153. The number of fused-ring (bicyclic) bond motifs is 2. The number of hydrogen-bond acceptors (Lipinski definition) is 8. The van der Waals surface area contributed by atoms with Gasteiger partial charge in [-0.2, -0.15) is 0 Å². The van der Waals surface area contributed by atoms with E-state index >= 15 is 0 Å². The molecule has 1 aromatic carbocycles. The number of likely N-dealkylation sites (tertiary alicyclic amines) is 1. The van der Waals surface area contributed by atoms with Crippen LogP contribution in [0.1, 0.15) is 33.1 Å². The second-order valence-corrected chi connectivity index (χ2v) is 12.9. The van der Waals surface area contributed by atoms with Crippen LogP contribution in [0.5, 0.6) is 0 Å². The summed E-state index contributed by atoms with van der Waals surface area (Å²) in [6.07, 6.45) is 5.03. The van der Waals surface area contributed by atoms with Crippen LogP contribution < -0.4 is 0 Å². The molecule has 10 nitrogen and oxygen atoms in total. The van der Waals surface area contributed by atoms with Gasteiger partial charge in [0.05, 0.1) is 34.7 Å². The van der Waals surface area contributed by atoms with Crippen LogP contribution in [0.15, 0.2) is 49.6 Å². The number of carbonyl (C=O) groups excluding carboxylic acids is 3. The number of nitrogens with zero attached hydrogens (tertiary/aromatic N) is 5. The molecule has 2 amide bonds. The van der Waals surface area contributed by atoms with Crippen LogP contribution in [-0.4, -0.2) is 89.5 Å². The molecule has 1 N–H and O–H groups in total. The van der Waals surface area contributed by atoms with Gasteiger partial charge >= 0.3 is 5.97 Å². The van der Waals surface area contributed by atoms with E-state index in [9.17, 15) is 19.5 Å². The number of aliphatic hydroxyl groups is 1. The maximum Gasteiger partial charge on any atom is 0.311 e. The van der Waals surface area contributed by atoms with Gasteiger partial charge in [-0.05, 0) is 37.3 Å². The molecule has 2 unspecified atom stereocenters. The number of esters is 1. The van der Waals surface area contributed by atoms with Crippen molar-refractivity contribution < 1.29 is 24.2 Å². The Bertz CT molecular complexity index is 1310. The Hall–Kier alpha value is -3.18. The van der Waals surface area contributed by atoms with Gasteiger partial charge in [-0.25, -0.2) is 4.68 Å². The van der Waals surface area contributed by atoms with Crippen LogP contribution >= 0.6 is 11.8 Å². The summed E-state index contributed by atoms with van der Waals surface area (Å²) in [5, 5.41) is 18.9. The molecular weight excluding hydrogens is 530 g/mol. The lowest BCUT2D eigenvalue weighted by Crippen LogP contribution is -2.57. The van der Waals surface area contributed by atoms with Crippen LogP contribution in [0.4, 0.5) is 0 Å². The SMILES string of the molecule is C=CCOC(=O)[C@@H]1[C@H]2C(=O)N([C@@H](CO)CC(C)C)C(C(=O)N(CC=C)Cn3nnc4ccccc43)C23CC[C@H]1S3. The third-order valence-electron chi connectivity index (χ3n) is 8.32. The monoisotopic (exact) mass is 567 g/mol. The van der Waals surface area contributed by atoms with Crippen molar-refractivity contribution in [3.8, 4) is 0 Å². The van der Waals surface area contributed by atoms with Crippen molar-refractivity contribution >= 4 is 40.6 Å². The van der Waals surface area contributed by atoms with Crippen molar-refractivity contribution in [3.05, 3.63) is 49.6 Å². The van der Waals surface area contributed by atoms with Crippen LogP contribution in [0.25, 0.3) is 11.0 Å². The quantitative estimate of drug-likeness (QED) is 0.307. The molecule has 2 bridgehead atoms. The first-order valence-electron chi connectivity index (χ1n) is 13.8. The summed E-state index contributed by atoms with van der Waals surface area (Å²) < 4.78 is 6.32. The van der Waals surface area contributed by atoms with Crippen LogP contribution in [0.2, 0.25) is 0 Å². The van der Waals surface area contributed by atoms with E-state index in [4.69, 9.17) is 4.74 Å². The number of para-hydroxylation sites is 1. The Labute approximate surface area is 238 Å². The third kappa shape index (κ3) is 4.62. The van der Waals surface area contributed by atoms with E-state index in [2.05, 4.69) is 23.5 Å². The standard InChI is InChI=1S/C29H37N5O5S/c1-5-13-32(17-33-21-10-8-7-9-20(21)30-31-33)27(37)25-29-12-11-22(40-29)23(28(38)39-14-6-2)24(29)26(36)34(25)19(16-35)15-18(3)4/h5-10,18-19,22-25,35H,1-2,11-17H2,3-4H3/t19-,22-,23+,24+,25?,29?/m1/s1. The number of hydrogen-bond donors (Lipinski definition) is 1. The van der Waals surface area contributed by atoms with E-state index < -0.39 is 34.6 Å². The van der Waals surface area contributed by atoms with Gasteiger partial charge in [0.1, 0.15) is 24.8 Å². The lowest BCUT2D eigenvalue weighted by Gasteiger charge is -2.40. The van der Waals surface area contributed by atoms with Gasteiger partial charge in [0, 0.05) is 11.8 Å². The Morgan fingerprint density at radius 1 is 1.30 bits per heavy atom. The Morgan fingerprint density at radius 2 is 2.08 bits per heavy atom. The maximum atomic E-state index is 14.6. The summed E-state index contributed by atoms with van der Waals surface area (Å²) >= 11 is 1.58. The number of aliphatic hydroxyl groups excluding tert-OH is 1. The Balaban J connectivity index is 1.55. The van der Waals surface area contributed by atoms with Crippen LogP contribution in [0, 0.1) is 17.8 Å². The van der Waals surface area contributed by atoms with E-state index in [1.165, 1.54) is 6.08 Å². The fraction of sp³-hybridized carbons (Fsp3) is 0.552. The smallest absolute Gasteiger partial charge is 0.311 e. The molecule has 40 heavy (non-hydrogen) atoms. The molecular formula is C29H37N5O5S. The molecule has 0 aliphatic carbocycles. The second kappa shape index (κ2) is 11.4. The van der Waals surface area contributed by atoms with E-state index in [0.29, 0.717) is 24.8 Å². The largest absolute Gasteiger partial charge is 0.461 e. The molecule has 4 heterocycles. The first-order chi connectivity index (χ1) is 19.3. The molecule has 5 rings (SSSR count). The number of benzene rings is 1. The Kier molecular flexibility index (Phi) is 8.05. The minimum absolute atomic E-state index is 0.0678. The van der Waals surface area contributed by atoms with Crippen molar-refractivity contribution in [2.45, 2.75) is 61.9 Å². The van der Waals surface area contributed by atoms with Crippen molar-refractivity contribution in [2.24, 2.45) is 17.8 Å². The molecule has 3 fully saturated rings. The molecule has 3 saturated heterocycles. The van der Waals surface area contributed by atoms with Crippen molar-refractivity contribution in [1.29, 1.82) is 0 Å². The van der Waals surface area contributed by atoms with Gasteiger partial charge in [-0.15, -0.1) is 23.4 Å². The molecule has 0 saturated carbocycles. The predicted molar refractivity (Wildman–Crippen MR) is 152 cm³/mol. The number of rotatable bonds is 12. The van der Waals surface area contributed by atoms with E-state index in [0.717, 1.165) is 5.52 Å². The summed E-state index contributed by atoms with van der Waals surface area (Å²) in [5.74, 6) is -2.07. The fourth-order valence-corrected chi connectivity index (χ4v) is 9.01. The zero-order valence-corrected chi connectivity index (χ0v) is 23.8. The highest BCUT2D eigenvalue weighted by Gasteiger charge is 2.74. The molecule has 1 spiro atoms. The zero-order chi connectivity index (χ0) is 28.6. The number of thioether (sulfide) groups is 1. The third-order valence-corrected chi connectivity index (χ3v) is 10.3. The highest BCUT2D eigenvalue weighted by Crippen LogP contribution is 2.67. The number of aromatic nitrogens is 3. The van der Waals surface area contributed by atoms with Gasteiger partial charge in [0.2, 0.25) is 11.8 Å². The average Bonchev–Trinajstić information content (AvgIpc) is 3.69. The van der Waals surface area contributed by atoms with Gasteiger partial charge < -0.3 is 19.6 Å². The summed E-state index contributed by atoms with van der Waals surface area (Å²) in [6, 6.07) is 6.12. The number of carbonyl (C=O) groups is 3. The minimum Gasteiger partial charge on any atom is -0.461 e. The molecule has 6 atom stereocenters. The summed E-state index contributed by atoms with van der Waals surface area (Å²) in [7, 11) is 0. The summed E-state index contributed by atoms with van der Waals surface area (Å²) in [6.45, 7) is 11.7.